The molecule has 0 radical (unpaired) electrons. The van der Waals surface area contributed by atoms with Gasteiger partial charge in [-0.15, -0.1) is 0 Å². The van der Waals surface area contributed by atoms with E-state index < -0.39 is 5.91 Å². The van der Waals surface area contributed by atoms with Gasteiger partial charge in [-0.2, -0.15) is 5.10 Å². The summed E-state index contributed by atoms with van der Waals surface area (Å²) in [7, 11) is 0. The van der Waals surface area contributed by atoms with Crippen molar-refractivity contribution in [3.05, 3.63) is 70.7 Å². The number of ether oxygens (including phenoxy) is 1. The lowest BCUT2D eigenvalue weighted by Gasteiger charge is -2.06. The molecule has 5 nitrogen and oxygen atoms in total. The highest BCUT2D eigenvalue weighted by atomic mass is 79.9. The average molecular weight is 399 g/mol. The van der Waals surface area contributed by atoms with Crippen molar-refractivity contribution in [2.75, 3.05) is 6.61 Å². The first-order chi connectivity index (χ1) is 12.1. The topological polar surface area (TPSA) is 70.9 Å². The summed E-state index contributed by atoms with van der Waals surface area (Å²) in [6.45, 7) is -0.157. The standard InChI is InChI=1S/C19H15BrN2O3/c20-14-5-3-6-15(10-14)25-12-19(24)22-21-11-17-16-7-2-1-4-13(16)8-9-18(17)23/h1-11,23H,12H2,(H,22,24)/b21-11+. The first-order valence-corrected chi connectivity index (χ1v) is 8.34. The van der Waals surface area contributed by atoms with Gasteiger partial charge in [0.15, 0.2) is 6.61 Å². The minimum Gasteiger partial charge on any atom is -0.507 e. The van der Waals surface area contributed by atoms with Crippen LogP contribution < -0.4 is 10.2 Å². The van der Waals surface area contributed by atoms with Gasteiger partial charge in [-0.3, -0.25) is 4.79 Å². The highest BCUT2D eigenvalue weighted by Crippen LogP contribution is 2.25. The molecule has 6 heteroatoms. The molecular weight excluding hydrogens is 384 g/mol. The maximum absolute atomic E-state index is 11.8. The number of phenolic OH excluding ortho intramolecular Hbond substituents is 1. The number of fused-ring (bicyclic) bond motifs is 1. The van der Waals surface area contributed by atoms with Crippen LogP contribution >= 0.6 is 15.9 Å². The van der Waals surface area contributed by atoms with Gasteiger partial charge in [0.2, 0.25) is 0 Å². The lowest BCUT2D eigenvalue weighted by atomic mass is 10.0. The molecule has 0 heterocycles. The second-order valence-electron chi connectivity index (χ2n) is 5.26. The van der Waals surface area contributed by atoms with Crippen molar-refractivity contribution < 1.29 is 14.6 Å². The SMILES string of the molecule is O=C(COc1cccc(Br)c1)N/N=C/c1c(O)ccc2ccccc12. The molecule has 0 spiro atoms. The van der Waals surface area contributed by atoms with E-state index in [9.17, 15) is 9.90 Å². The third kappa shape index (κ3) is 4.36. The quantitative estimate of drug-likeness (QED) is 0.506. The molecule has 0 bridgehead atoms. The molecule has 0 saturated heterocycles. The van der Waals surface area contributed by atoms with Crippen molar-refractivity contribution >= 4 is 38.8 Å². The fourth-order valence-electron chi connectivity index (χ4n) is 2.33. The number of nitrogens with one attached hydrogen (secondary N) is 1. The van der Waals surface area contributed by atoms with Gasteiger partial charge in [-0.1, -0.05) is 52.3 Å². The van der Waals surface area contributed by atoms with Crippen LogP contribution in [0.1, 0.15) is 5.56 Å². The lowest BCUT2D eigenvalue weighted by molar-refractivity contribution is -0.123. The Labute approximate surface area is 153 Å². The molecule has 2 N–H and O–H groups in total. The lowest BCUT2D eigenvalue weighted by Crippen LogP contribution is -2.24. The fourth-order valence-corrected chi connectivity index (χ4v) is 2.70. The molecule has 0 aromatic heterocycles. The van der Waals surface area contributed by atoms with Crippen LogP contribution in [0, 0.1) is 0 Å². The Morgan fingerprint density at radius 3 is 2.84 bits per heavy atom. The van der Waals surface area contributed by atoms with Gasteiger partial charge in [0, 0.05) is 10.0 Å². The Hall–Kier alpha value is -2.86. The molecule has 25 heavy (non-hydrogen) atoms. The number of hydrogen-bond acceptors (Lipinski definition) is 4. The molecule has 1 amide bonds. The zero-order chi connectivity index (χ0) is 17.6. The van der Waals surface area contributed by atoms with Crippen LogP contribution in [0.15, 0.2) is 70.2 Å². The van der Waals surface area contributed by atoms with Crippen molar-refractivity contribution in [1.82, 2.24) is 5.43 Å². The third-order valence-electron chi connectivity index (χ3n) is 3.50. The van der Waals surface area contributed by atoms with E-state index in [1.165, 1.54) is 6.21 Å². The van der Waals surface area contributed by atoms with Crippen molar-refractivity contribution in [3.63, 3.8) is 0 Å². The van der Waals surface area contributed by atoms with E-state index in [1.54, 1.807) is 18.2 Å². The summed E-state index contributed by atoms with van der Waals surface area (Å²) in [5, 5.41) is 15.8. The molecule has 3 aromatic carbocycles. The number of halogens is 1. The highest BCUT2D eigenvalue weighted by molar-refractivity contribution is 9.10. The van der Waals surface area contributed by atoms with Gasteiger partial charge in [0.1, 0.15) is 11.5 Å². The third-order valence-corrected chi connectivity index (χ3v) is 3.99. The maximum Gasteiger partial charge on any atom is 0.277 e. The van der Waals surface area contributed by atoms with E-state index >= 15 is 0 Å². The van der Waals surface area contributed by atoms with Crippen molar-refractivity contribution in [2.45, 2.75) is 0 Å². The summed E-state index contributed by atoms with van der Waals surface area (Å²) in [6.07, 6.45) is 1.43. The zero-order valence-corrected chi connectivity index (χ0v) is 14.7. The number of amides is 1. The first-order valence-electron chi connectivity index (χ1n) is 7.54. The van der Waals surface area contributed by atoms with E-state index in [0.29, 0.717) is 11.3 Å². The number of hydrogen-bond donors (Lipinski definition) is 2. The second-order valence-corrected chi connectivity index (χ2v) is 6.17. The van der Waals surface area contributed by atoms with E-state index in [4.69, 9.17) is 4.74 Å². The molecule has 0 aliphatic carbocycles. The molecular formula is C19H15BrN2O3. The summed E-state index contributed by atoms with van der Waals surface area (Å²) in [5.74, 6) is 0.290. The fraction of sp³-hybridized carbons (Fsp3) is 0.0526. The number of aromatic hydroxyl groups is 1. The van der Waals surface area contributed by atoms with Gasteiger partial charge in [-0.25, -0.2) is 5.43 Å². The van der Waals surface area contributed by atoms with Crippen molar-refractivity contribution in [3.8, 4) is 11.5 Å². The predicted molar refractivity (Wildman–Crippen MR) is 101 cm³/mol. The number of phenols is 1. The molecule has 0 saturated carbocycles. The molecule has 0 atom stereocenters. The minimum atomic E-state index is -0.393. The number of benzene rings is 3. The van der Waals surface area contributed by atoms with E-state index in [0.717, 1.165) is 15.2 Å². The smallest absolute Gasteiger partial charge is 0.277 e. The van der Waals surface area contributed by atoms with Gasteiger partial charge >= 0.3 is 0 Å². The van der Waals surface area contributed by atoms with Crippen LogP contribution in [-0.4, -0.2) is 23.8 Å². The largest absolute Gasteiger partial charge is 0.507 e. The number of carbonyl (C=O) groups is 1. The molecule has 126 valence electrons. The normalized spacial score (nSPS) is 10.9. The number of rotatable bonds is 5. The van der Waals surface area contributed by atoms with Crippen LogP contribution in [0.5, 0.6) is 11.5 Å². The Bertz CT molecular complexity index is 941. The summed E-state index contributed by atoms with van der Waals surface area (Å²) >= 11 is 3.34. The van der Waals surface area contributed by atoms with Crippen LogP contribution in [0.2, 0.25) is 0 Å². The van der Waals surface area contributed by atoms with Crippen LogP contribution in [0.4, 0.5) is 0 Å². The van der Waals surface area contributed by atoms with Crippen molar-refractivity contribution in [2.24, 2.45) is 5.10 Å². The van der Waals surface area contributed by atoms with Crippen LogP contribution in [0.25, 0.3) is 10.8 Å². The van der Waals surface area contributed by atoms with Gasteiger partial charge in [0.25, 0.3) is 5.91 Å². The monoisotopic (exact) mass is 398 g/mol. The molecule has 0 fully saturated rings. The number of hydrazone groups is 1. The average Bonchev–Trinajstić information content (AvgIpc) is 2.62. The van der Waals surface area contributed by atoms with Gasteiger partial charge in [0.05, 0.1) is 6.21 Å². The maximum atomic E-state index is 11.8. The Balaban J connectivity index is 1.63. The zero-order valence-electron chi connectivity index (χ0n) is 13.1. The molecule has 0 aliphatic heterocycles. The van der Waals surface area contributed by atoms with Crippen molar-refractivity contribution in [1.29, 1.82) is 0 Å². The van der Waals surface area contributed by atoms with Crippen LogP contribution in [-0.2, 0) is 4.79 Å². The Morgan fingerprint density at radius 2 is 2.00 bits per heavy atom. The van der Waals surface area contributed by atoms with Crippen LogP contribution in [0.3, 0.4) is 0 Å². The number of carbonyl (C=O) groups excluding carboxylic acids is 1. The van der Waals surface area contributed by atoms with E-state index in [-0.39, 0.29) is 12.4 Å². The summed E-state index contributed by atoms with van der Waals surface area (Å²) < 4.78 is 6.25. The summed E-state index contributed by atoms with van der Waals surface area (Å²) in [4.78, 5) is 11.8. The van der Waals surface area contributed by atoms with E-state index in [1.807, 2.05) is 42.5 Å². The van der Waals surface area contributed by atoms with Gasteiger partial charge in [-0.05, 0) is 35.0 Å². The summed E-state index contributed by atoms with van der Waals surface area (Å²) in [6, 6.07) is 18.3. The van der Waals surface area contributed by atoms with Gasteiger partial charge < -0.3 is 9.84 Å². The second kappa shape index (κ2) is 7.81. The molecule has 3 rings (SSSR count). The number of nitrogens with zero attached hydrogens (tertiary/aromatic N) is 1. The minimum absolute atomic E-state index is 0.0992. The molecule has 0 unspecified atom stereocenters. The first kappa shape index (κ1) is 17.0. The molecule has 3 aromatic rings. The molecule has 0 aliphatic rings. The Kier molecular flexibility index (Phi) is 5.30. The summed E-state index contributed by atoms with van der Waals surface area (Å²) in [5.41, 5.74) is 2.94. The van der Waals surface area contributed by atoms with E-state index in [2.05, 4.69) is 26.5 Å². The Morgan fingerprint density at radius 1 is 1.16 bits per heavy atom. The predicted octanol–water partition coefficient (Wildman–Crippen LogP) is 3.84. The highest BCUT2D eigenvalue weighted by Gasteiger charge is 2.05.